The summed E-state index contributed by atoms with van der Waals surface area (Å²) in [5.41, 5.74) is 2.45. The van der Waals surface area contributed by atoms with E-state index in [2.05, 4.69) is 5.32 Å². The van der Waals surface area contributed by atoms with Gasteiger partial charge in [0.2, 0.25) is 11.8 Å². The van der Waals surface area contributed by atoms with Crippen LogP contribution in [0.25, 0.3) is 0 Å². The molecule has 2 atom stereocenters. The Kier molecular flexibility index (Phi) is 10.5. The number of thioether (sulfide) groups is 1. The van der Waals surface area contributed by atoms with Gasteiger partial charge in [-0.1, -0.05) is 61.3 Å². The van der Waals surface area contributed by atoms with E-state index in [0.717, 1.165) is 17.5 Å². The van der Waals surface area contributed by atoms with Crippen molar-refractivity contribution in [2.45, 2.75) is 64.9 Å². The van der Waals surface area contributed by atoms with Gasteiger partial charge >= 0.3 is 0 Å². The van der Waals surface area contributed by atoms with Gasteiger partial charge in [-0.2, -0.15) is 0 Å². The molecule has 0 radical (unpaired) electrons. The van der Waals surface area contributed by atoms with Gasteiger partial charge in [-0.05, 0) is 44.4 Å². The van der Waals surface area contributed by atoms with Crippen molar-refractivity contribution in [3.05, 3.63) is 70.0 Å². The lowest BCUT2D eigenvalue weighted by atomic mass is 10.1. The Bertz CT molecular complexity index is 904. The van der Waals surface area contributed by atoms with Gasteiger partial charge in [0.1, 0.15) is 11.9 Å². The first kappa shape index (κ1) is 26.2. The fourth-order valence-corrected chi connectivity index (χ4v) is 4.61. The molecule has 0 fully saturated rings. The summed E-state index contributed by atoms with van der Waals surface area (Å²) in [7, 11) is 0. The zero-order valence-electron chi connectivity index (χ0n) is 19.2. The third kappa shape index (κ3) is 7.52. The number of benzene rings is 2. The van der Waals surface area contributed by atoms with Gasteiger partial charge < -0.3 is 10.2 Å². The van der Waals surface area contributed by atoms with Crippen molar-refractivity contribution in [1.29, 1.82) is 0 Å². The average Bonchev–Trinajstić information content (AvgIpc) is 2.75. The maximum atomic E-state index is 14.1. The fourth-order valence-electron chi connectivity index (χ4n) is 3.36. The van der Waals surface area contributed by atoms with E-state index in [1.807, 2.05) is 52.0 Å². The van der Waals surface area contributed by atoms with Gasteiger partial charge in [-0.15, -0.1) is 11.8 Å². The van der Waals surface area contributed by atoms with Crippen LogP contribution in [0.5, 0.6) is 0 Å². The van der Waals surface area contributed by atoms with Crippen molar-refractivity contribution in [3.63, 3.8) is 0 Å². The number of carbonyl (C=O) groups is 2. The lowest BCUT2D eigenvalue weighted by Gasteiger charge is -2.31. The second kappa shape index (κ2) is 12.9. The molecule has 0 heterocycles. The molecule has 0 saturated carbocycles. The summed E-state index contributed by atoms with van der Waals surface area (Å²) >= 11 is 7.40. The average molecular weight is 479 g/mol. The van der Waals surface area contributed by atoms with Crippen molar-refractivity contribution in [2.24, 2.45) is 0 Å². The number of nitrogens with zero attached hydrogens (tertiary/aromatic N) is 1. The molecule has 0 spiro atoms. The summed E-state index contributed by atoms with van der Waals surface area (Å²) in [5, 5.41) is 3.35. The van der Waals surface area contributed by atoms with Crippen molar-refractivity contribution in [3.8, 4) is 0 Å². The molecule has 2 aromatic rings. The van der Waals surface area contributed by atoms with Gasteiger partial charge in [0.25, 0.3) is 0 Å². The molecule has 1 N–H and O–H groups in total. The number of amides is 2. The SMILES string of the molecule is CC[C@@H](C)NC(=O)[C@H](CC)N(Cc1cccc(C)c1)C(=O)CSCc1c(F)cccc1Cl. The summed E-state index contributed by atoms with van der Waals surface area (Å²) in [5.74, 6) is -0.275. The van der Waals surface area contributed by atoms with Crippen LogP contribution in [0.2, 0.25) is 5.02 Å². The smallest absolute Gasteiger partial charge is 0.243 e. The highest BCUT2D eigenvalue weighted by atomic mass is 35.5. The maximum absolute atomic E-state index is 14.1. The number of rotatable bonds is 11. The predicted octanol–water partition coefficient (Wildman–Crippen LogP) is 5.74. The van der Waals surface area contributed by atoms with E-state index < -0.39 is 6.04 Å². The third-order valence-corrected chi connectivity index (χ3v) is 6.65. The van der Waals surface area contributed by atoms with E-state index in [1.165, 1.54) is 17.8 Å². The zero-order valence-corrected chi connectivity index (χ0v) is 20.7. The maximum Gasteiger partial charge on any atom is 0.243 e. The van der Waals surface area contributed by atoms with E-state index in [0.29, 0.717) is 23.6 Å². The van der Waals surface area contributed by atoms with Crippen LogP contribution in [0, 0.1) is 12.7 Å². The predicted molar refractivity (Wildman–Crippen MR) is 131 cm³/mol. The molecule has 4 nitrogen and oxygen atoms in total. The normalized spacial score (nSPS) is 12.8. The summed E-state index contributed by atoms with van der Waals surface area (Å²) < 4.78 is 14.1. The second-order valence-corrected chi connectivity index (χ2v) is 9.34. The van der Waals surface area contributed by atoms with Crippen molar-refractivity contribution in [1.82, 2.24) is 10.2 Å². The first-order chi connectivity index (χ1) is 15.3. The molecule has 2 amide bonds. The number of halogens is 2. The van der Waals surface area contributed by atoms with Crippen LogP contribution in [-0.4, -0.2) is 34.6 Å². The topological polar surface area (TPSA) is 49.4 Å². The van der Waals surface area contributed by atoms with Gasteiger partial charge in [-0.3, -0.25) is 9.59 Å². The van der Waals surface area contributed by atoms with E-state index in [-0.39, 0.29) is 35.2 Å². The Morgan fingerprint density at radius 2 is 1.88 bits per heavy atom. The summed E-state index contributed by atoms with van der Waals surface area (Å²) in [6, 6.07) is 11.9. The van der Waals surface area contributed by atoms with Crippen molar-refractivity contribution < 1.29 is 14.0 Å². The number of hydrogen-bond acceptors (Lipinski definition) is 3. The standard InChI is InChI=1S/C25H32ClFN2O2S/c1-5-18(4)28-25(31)23(6-2)29(14-19-10-7-9-17(3)13-19)24(30)16-32-15-20-21(26)11-8-12-22(20)27/h7-13,18,23H,5-6,14-16H2,1-4H3,(H,28,31)/t18-,23+/m1/s1. The molecule has 0 aromatic heterocycles. The lowest BCUT2D eigenvalue weighted by Crippen LogP contribution is -2.51. The molecule has 174 valence electrons. The Morgan fingerprint density at radius 1 is 1.16 bits per heavy atom. The summed E-state index contributed by atoms with van der Waals surface area (Å²) in [4.78, 5) is 27.8. The minimum atomic E-state index is -0.574. The Morgan fingerprint density at radius 3 is 2.50 bits per heavy atom. The molecular weight excluding hydrogens is 447 g/mol. The molecule has 0 aliphatic carbocycles. The fraction of sp³-hybridized carbons (Fsp3) is 0.440. The molecule has 0 bridgehead atoms. The van der Waals surface area contributed by atoms with Crippen molar-refractivity contribution >= 4 is 35.2 Å². The molecule has 32 heavy (non-hydrogen) atoms. The Labute approximate surface area is 199 Å². The van der Waals surface area contributed by atoms with Crippen molar-refractivity contribution in [2.75, 3.05) is 5.75 Å². The largest absolute Gasteiger partial charge is 0.352 e. The number of hydrogen-bond donors (Lipinski definition) is 1. The molecule has 0 unspecified atom stereocenters. The van der Waals surface area contributed by atoms with Crippen LogP contribution >= 0.6 is 23.4 Å². The minimum Gasteiger partial charge on any atom is -0.352 e. The van der Waals surface area contributed by atoms with E-state index in [4.69, 9.17) is 11.6 Å². The van der Waals surface area contributed by atoms with E-state index in [9.17, 15) is 14.0 Å². The highest BCUT2D eigenvalue weighted by Crippen LogP contribution is 2.25. The molecular formula is C25H32ClFN2O2S. The Balaban J connectivity index is 2.18. The van der Waals surface area contributed by atoms with E-state index >= 15 is 0 Å². The van der Waals surface area contributed by atoms with Crippen LogP contribution in [0.15, 0.2) is 42.5 Å². The van der Waals surface area contributed by atoms with Crippen LogP contribution in [0.3, 0.4) is 0 Å². The van der Waals surface area contributed by atoms with Gasteiger partial charge in [-0.25, -0.2) is 4.39 Å². The second-order valence-electron chi connectivity index (χ2n) is 7.95. The Hall–Kier alpha value is -2.05. The van der Waals surface area contributed by atoms with E-state index in [1.54, 1.807) is 17.0 Å². The zero-order chi connectivity index (χ0) is 23.7. The van der Waals surface area contributed by atoms with Crippen LogP contribution in [-0.2, 0) is 21.9 Å². The van der Waals surface area contributed by atoms with Crippen LogP contribution < -0.4 is 5.32 Å². The quantitative estimate of drug-likeness (QED) is 0.447. The number of aryl methyl sites for hydroxylation is 1. The minimum absolute atomic E-state index is 0.0324. The first-order valence-electron chi connectivity index (χ1n) is 10.9. The highest BCUT2D eigenvalue weighted by Gasteiger charge is 2.29. The van der Waals surface area contributed by atoms with Gasteiger partial charge in [0.15, 0.2) is 0 Å². The molecule has 7 heteroatoms. The first-order valence-corrected chi connectivity index (χ1v) is 12.5. The van der Waals surface area contributed by atoms with Crippen LogP contribution in [0.1, 0.15) is 50.3 Å². The number of carbonyl (C=O) groups excluding carboxylic acids is 2. The summed E-state index contributed by atoms with van der Waals surface area (Å²) in [6.45, 7) is 8.20. The molecule has 0 aliphatic heterocycles. The molecule has 0 aliphatic rings. The molecule has 2 aromatic carbocycles. The summed E-state index contributed by atoms with van der Waals surface area (Å²) in [6.07, 6.45) is 1.32. The monoisotopic (exact) mass is 478 g/mol. The third-order valence-electron chi connectivity index (χ3n) is 5.36. The van der Waals surface area contributed by atoms with Crippen LogP contribution in [0.4, 0.5) is 4.39 Å². The molecule has 0 saturated heterocycles. The van der Waals surface area contributed by atoms with Gasteiger partial charge in [0.05, 0.1) is 5.75 Å². The highest BCUT2D eigenvalue weighted by molar-refractivity contribution is 7.99. The van der Waals surface area contributed by atoms with Gasteiger partial charge in [0, 0.05) is 28.9 Å². The number of nitrogens with one attached hydrogen (secondary N) is 1. The molecule has 2 rings (SSSR count). The lowest BCUT2D eigenvalue weighted by molar-refractivity contribution is -0.139.